The number of rotatable bonds is 3. The van der Waals surface area contributed by atoms with Crippen LogP contribution in [0.3, 0.4) is 0 Å². The Morgan fingerprint density at radius 2 is 1.82 bits per heavy atom. The molecule has 3 aromatic rings. The molecule has 0 bridgehead atoms. The SMILES string of the molecule is Cc1cc2nc(-c3ccc(N)cc3)n(CC(=O)O)c2cc1C. The molecule has 0 aliphatic carbocycles. The van der Waals surface area contributed by atoms with E-state index in [-0.39, 0.29) is 6.54 Å². The molecule has 0 saturated heterocycles. The number of carboxylic acid groups (broad SMARTS) is 1. The number of aromatic nitrogens is 2. The fraction of sp³-hybridized carbons (Fsp3) is 0.176. The number of carbonyl (C=O) groups is 1. The number of carboxylic acids is 1. The van der Waals surface area contributed by atoms with Gasteiger partial charge in [-0.2, -0.15) is 0 Å². The molecule has 0 atom stereocenters. The first-order chi connectivity index (χ1) is 10.5. The Labute approximate surface area is 128 Å². The number of fused-ring (bicyclic) bond motifs is 1. The minimum Gasteiger partial charge on any atom is -0.480 e. The molecule has 0 radical (unpaired) electrons. The van der Waals surface area contributed by atoms with Gasteiger partial charge < -0.3 is 15.4 Å². The van der Waals surface area contributed by atoms with Gasteiger partial charge >= 0.3 is 5.97 Å². The lowest BCUT2D eigenvalue weighted by Gasteiger charge is -2.07. The number of hydrogen-bond acceptors (Lipinski definition) is 3. The van der Waals surface area contributed by atoms with E-state index in [0.29, 0.717) is 11.5 Å². The average Bonchev–Trinajstić information content (AvgIpc) is 2.78. The van der Waals surface area contributed by atoms with Gasteiger partial charge in [0, 0.05) is 11.3 Å². The summed E-state index contributed by atoms with van der Waals surface area (Å²) in [5.41, 5.74) is 11.1. The van der Waals surface area contributed by atoms with Crippen molar-refractivity contribution in [3.8, 4) is 11.4 Å². The maximum absolute atomic E-state index is 11.2. The second-order valence-corrected chi connectivity index (χ2v) is 5.46. The molecule has 1 heterocycles. The summed E-state index contributed by atoms with van der Waals surface area (Å²) in [4.78, 5) is 15.9. The molecule has 0 amide bonds. The first-order valence-corrected chi connectivity index (χ1v) is 7.01. The molecule has 0 saturated carbocycles. The van der Waals surface area contributed by atoms with E-state index in [4.69, 9.17) is 5.73 Å². The fourth-order valence-corrected chi connectivity index (χ4v) is 2.53. The second kappa shape index (κ2) is 5.18. The highest BCUT2D eigenvalue weighted by molar-refractivity contribution is 5.84. The standard InChI is InChI=1S/C17H17N3O2/c1-10-7-14-15(8-11(10)2)20(9-16(21)22)17(19-14)12-3-5-13(18)6-4-12/h3-8H,9,18H2,1-2H3,(H,21,22). The first-order valence-electron chi connectivity index (χ1n) is 7.01. The van der Waals surface area contributed by atoms with Crippen LogP contribution in [0.1, 0.15) is 11.1 Å². The van der Waals surface area contributed by atoms with Gasteiger partial charge in [0.25, 0.3) is 0 Å². The molecule has 5 heteroatoms. The zero-order valence-electron chi connectivity index (χ0n) is 12.5. The van der Waals surface area contributed by atoms with Crippen molar-refractivity contribution in [3.05, 3.63) is 47.5 Å². The molecular formula is C17H17N3O2. The van der Waals surface area contributed by atoms with E-state index in [1.165, 1.54) is 0 Å². The average molecular weight is 295 g/mol. The van der Waals surface area contributed by atoms with Crippen LogP contribution in [-0.2, 0) is 11.3 Å². The summed E-state index contributed by atoms with van der Waals surface area (Å²) in [7, 11) is 0. The minimum atomic E-state index is -0.894. The molecule has 3 N–H and O–H groups in total. The molecule has 2 aromatic carbocycles. The Balaban J connectivity index is 2.28. The van der Waals surface area contributed by atoms with Gasteiger partial charge in [-0.1, -0.05) is 0 Å². The molecule has 3 rings (SSSR count). The number of anilines is 1. The monoisotopic (exact) mass is 295 g/mol. The molecule has 0 spiro atoms. The van der Waals surface area contributed by atoms with Crippen molar-refractivity contribution >= 4 is 22.7 Å². The summed E-state index contributed by atoms with van der Waals surface area (Å²) < 4.78 is 1.73. The van der Waals surface area contributed by atoms with Crippen molar-refractivity contribution in [2.75, 3.05) is 5.73 Å². The van der Waals surface area contributed by atoms with Crippen LogP contribution in [0.4, 0.5) is 5.69 Å². The van der Waals surface area contributed by atoms with E-state index in [1.807, 2.05) is 38.1 Å². The van der Waals surface area contributed by atoms with Gasteiger partial charge in [-0.05, 0) is 61.4 Å². The quantitative estimate of drug-likeness (QED) is 0.728. The van der Waals surface area contributed by atoms with Gasteiger partial charge in [0.05, 0.1) is 11.0 Å². The van der Waals surface area contributed by atoms with Crippen LogP contribution in [-0.4, -0.2) is 20.6 Å². The predicted octanol–water partition coefficient (Wildman–Crippen LogP) is 2.99. The molecule has 0 aliphatic heterocycles. The van der Waals surface area contributed by atoms with E-state index >= 15 is 0 Å². The topological polar surface area (TPSA) is 81.1 Å². The number of benzene rings is 2. The van der Waals surface area contributed by atoms with E-state index in [0.717, 1.165) is 27.7 Å². The van der Waals surface area contributed by atoms with Crippen LogP contribution in [0.25, 0.3) is 22.4 Å². The van der Waals surface area contributed by atoms with Gasteiger partial charge in [-0.15, -0.1) is 0 Å². The van der Waals surface area contributed by atoms with Gasteiger partial charge in [0.2, 0.25) is 0 Å². The van der Waals surface area contributed by atoms with Gasteiger partial charge in [0.1, 0.15) is 12.4 Å². The number of imidazole rings is 1. The van der Waals surface area contributed by atoms with Crippen LogP contribution in [0, 0.1) is 13.8 Å². The summed E-state index contributed by atoms with van der Waals surface area (Å²) in [5.74, 6) is -0.253. The van der Waals surface area contributed by atoms with Crippen LogP contribution >= 0.6 is 0 Å². The number of nitrogens with zero attached hydrogens (tertiary/aromatic N) is 2. The van der Waals surface area contributed by atoms with Crippen LogP contribution in [0.2, 0.25) is 0 Å². The highest BCUT2D eigenvalue weighted by atomic mass is 16.4. The van der Waals surface area contributed by atoms with Crippen LogP contribution in [0.15, 0.2) is 36.4 Å². The number of aliphatic carboxylic acids is 1. The fourth-order valence-electron chi connectivity index (χ4n) is 2.53. The van der Waals surface area contributed by atoms with Crippen molar-refractivity contribution < 1.29 is 9.90 Å². The van der Waals surface area contributed by atoms with E-state index in [2.05, 4.69) is 4.98 Å². The minimum absolute atomic E-state index is 0.126. The summed E-state index contributed by atoms with van der Waals surface area (Å²) >= 11 is 0. The molecule has 112 valence electrons. The maximum Gasteiger partial charge on any atom is 0.323 e. The van der Waals surface area contributed by atoms with Gasteiger partial charge in [0.15, 0.2) is 0 Å². The summed E-state index contributed by atoms with van der Waals surface area (Å²) in [6, 6.07) is 11.3. The lowest BCUT2D eigenvalue weighted by Crippen LogP contribution is -2.10. The molecule has 0 aliphatic rings. The van der Waals surface area contributed by atoms with Crippen molar-refractivity contribution in [3.63, 3.8) is 0 Å². The maximum atomic E-state index is 11.2. The Kier molecular flexibility index (Phi) is 3.33. The molecular weight excluding hydrogens is 278 g/mol. The van der Waals surface area contributed by atoms with E-state index < -0.39 is 5.97 Å². The zero-order valence-corrected chi connectivity index (χ0v) is 12.5. The predicted molar refractivity (Wildman–Crippen MR) is 86.7 cm³/mol. The highest BCUT2D eigenvalue weighted by Gasteiger charge is 2.15. The van der Waals surface area contributed by atoms with Crippen molar-refractivity contribution in [2.24, 2.45) is 0 Å². The Morgan fingerprint density at radius 1 is 1.18 bits per heavy atom. The summed E-state index contributed by atoms with van der Waals surface area (Å²) in [6.07, 6.45) is 0. The molecule has 22 heavy (non-hydrogen) atoms. The smallest absolute Gasteiger partial charge is 0.323 e. The van der Waals surface area contributed by atoms with E-state index in [9.17, 15) is 9.90 Å². The lowest BCUT2D eigenvalue weighted by molar-refractivity contribution is -0.137. The second-order valence-electron chi connectivity index (χ2n) is 5.46. The van der Waals surface area contributed by atoms with Gasteiger partial charge in [-0.25, -0.2) is 4.98 Å². The number of hydrogen-bond donors (Lipinski definition) is 2. The third kappa shape index (κ3) is 2.41. The highest BCUT2D eigenvalue weighted by Crippen LogP contribution is 2.27. The summed E-state index contributed by atoms with van der Waals surface area (Å²) in [6.45, 7) is 3.91. The van der Waals surface area contributed by atoms with Crippen molar-refractivity contribution in [1.29, 1.82) is 0 Å². The van der Waals surface area contributed by atoms with E-state index in [1.54, 1.807) is 16.7 Å². The molecule has 5 nitrogen and oxygen atoms in total. The zero-order chi connectivity index (χ0) is 15.9. The first kappa shape index (κ1) is 14.1. The Morgan fingerprint density at radius 3 is 2.45 bits per heavy atom. The van der Waals surface area contributed by atoms with Crippen LogP contribution in [0.5, 0.6) is 0 Å². The third-order valence-electron chi connectivity index (χ3n) is 3.83. The van der Waals surface area contributed by atoms with Crippen LogP contribution < -0.4 is 5.73 Å². The number of nitrogens with two attached hydrogens (primary N) is 1. The molecule has 0 unspecified atom stereocenters. The molecule has 0 fully saturated rings. The number of nitrogen functional groups attached to an aromatic ring is 1. The van der Waals surface area contributed by atoms with Crippen molar-refractivity contribution in [1.82, 2.24) is 9.55 Å². The Bertz CT molecular complexity index is 864. The largest absolute Gasteiger partial charge is 0.480 e. The third-order valence-corrected chi connectivity index (χ3v) is 3.83. The lowest BCUT2D eigenvalue weighted by atomic mass is 10.1. The van der Waals surface area contributed by atoms with Gasteiger partial charge in [-0.3, -0.25) is 4.79 Å². The Hall–Kier alpha value is -2.82. The normalized spacial score (nSPS) is 11.0. The summed E-state index contributed by atoms with van der Waals surface area (Å²) in [5, 5.41) is 9.22. The molecule has 1 aromatic heterocycles. The van der Waals surface area contributed by atoms with Crippen molar-refractivity contribution in [2.45, 2.75) is 20.4 Å². The number of aryl methyl sites for hydroxylation is 2.